The van der Waals surface area contributed by atoms with Gasteiger partial charge in [-0.25, -0.2) is 0 Å². The van der Waals surface area contributed by atoms with Gasteiger partial charge in [0.05, 0.1) is 6.04 Å². The van der Waals surface area contributed by atoms with Crippen LogP contribution in [0.3, 0.4) is 0 Å². The Kier molecular flexibility index (Phi) is 3.74. The summed E-state index contributed by atoms with van der Waals surface area (Å²) in [5, 5.41) is 1.14. The Labute approximate surface area is 127 Å². The second-order valence-corrected chi connectivity index (χ2v) is 5.46. The Bertz CT molecular complexity index is 626. The van der Waals surface area contributed by atoms with Crippen molar-refractivity contribution in [1.29, 1.82) is 0 Å². The van der Waals surface area contributed by atoms with Gasteiger partial charge < -0.3 is 15.2 Å². The molecule has 1 aliphatic heterocycles. The van der Waals surface area contributed by atoms with E-state index in [2.05, 4.69) is 0 Å². The fourth-order valence-corrected chi connectivity index (χ4v) is 2.74. The maximum absolute atomic E-state index is 6.27. The van der Waals surface area contributed by atoms with Crippen LogP contribution in [0.2, 0.25) is 10.0 Å². The van der Waals surface area contributed by atoms with Gasteiger partial charge in [0, 0.05) is 10.0 Å². The summed E-state index contributed by atoms with van der Waals surface area (Å²) in [6, 6.07) is 10.7. The lowest BCUT2D eigenvalue weighted by atomic mass is 9.99. The minimum Gasteiger partial charge on any atom is -0.486 e. The van der Waals surface area contributed by atoms with E-state index in [-0.39, 0.29) is 6.04 Å². The van der Waals surface area contributed by atoms with Gasteiger partial charge in [-0.05, 0) is 41.5 Å². The van der Waals surface area contributed by atoms with E-state index in [1.54, 1.807) is 6.07 Å². The van der Waals surface area contributed by atoms with Crippen LogP contribution in [0, 0.1) is 0 Å². The van der Waals surface area contributed by atoms with Crippen LogP contribution < -0.4 is 15.2 Å². The molecule has 1 aliphatic rings. The van der Waals surface area contributed by atoms with E-state index in [0.29, 0.717) is 23.3 Å². The van der Waals surface area contributed by atoms with Gasteiger partial charge in [-0.2, -0.15) is 0 Å². The third-order valence-electron chi connectivity index (χ3n) is 3.17. The molecular weight excluding hydrogens is 297 g/mol. The highest BCUT2D eigenvalue weighted by molar-refractivity contribution is 6.34. The second-order valence-electron chi connectivity index (χ2n) is 4.58. The van der Waals surface area contributed by atoms with Crippen molar-refractivity contribution in [3.8, 4) is 11.5 Å². The predicted molar refractivity (Wildman–Crippen MR) is 79.9 cm³/mol. The molecule has 0 aliphatic carbocycles. The van der Waals surface area contributed by atoms with Crippen molar-refractivity contribution in [2.24, 2.45) is 5.73 Å². The first-order valence-electron chi connectivity index (χ1n) is 6.24. The van der Waals surface area contributed by atoms with Crippen LogP contribution >= 0.6 is 23.2 Å². The summed E-state index contributed by atoms with van der Waals surface area (Å²) >= 11 is 12.0. The smallest absolute Gasteiger partial charge is 0.161 e. The summed E-state index contributed by atoms with van der Waals surface area (Å²) in [4.78, 5) is 0. The predicted octanol–water partition coefficient (Wildman–Crippen LogP) is 3.81. The van der Waals surface area contributed by atoms with E-state index in [4.69, 9.17) is 38.4 Å². The summed E-state index contributed by atoms with van der Waals surface area (Å²) in [6.07, 6.45) is 0. The molecule has 0 amide bonds. The van der Waals surface area contributed by atoms with Crippen LogP contribution in [0.4, 0.5) is 0 Å². The molecule has 0 saturated carbocycles. The number of rotatable bonds is 2. The molecule has 5 heteroatoms. The molecule has 0 saturated heterocycles. The van der Waals surface area contributed by atoms with Crippen molar-refractivity contribution in [3.63, 3.8) is 0 Å². The molecule has 2 aromatic carbocycles. The molecule has 3 nitrogen and oxygen atoms in total. The van der Waals surface area contributed by atoms with Crippen LogP contribution in [0.15, 0.2) is 36.4 Å². The summed E-state index contributed by atoms with van der Waals surface area (Å²) in [5.74, 6) is 1.47. The number of fused-ring (bicyclic) bond motifs is 1. The summed E-state index contributed by atoms with van der Waals surface area (Å²) in [5.41, 5.74) is 8.06. The van der Waals surface area contributed by atoms with Gasteiger partial charge in [0.15, 0.2) is 11.5 Å². The number of hydrogen-bond donors (Lipinski definition) is 1. The molecule has 0 bridgehead atoms. The van der Waals surface area contributed by atoms with Crippen molar-refractivity contribution in [2.75, 3.05) is 13.2 Å². The van der Waals surface area contributed by atoms with E-state index < -0.39 is 0 Å². The third kappa shape index (κ3) is 2.70. The molecule has 0 spiro atoms. The zero-order chi connectivity index (χ0) is 14.1. The van der Waals surface area contributed by atoms with Crippen molar-refractivity contribution < 1.29 is 9.47 Å². The minimum atomic E-state index is -0.318. The number of ether oxygens (including phenoxy) is 2. The van der Waals surface area contributed by atoms with E-state index in [1.807, 2.05) is 30.3 Å². The molecule has 0 aromatic heterocycles. The van der Waals surface area contributed by atoms with Gasteiger partial charge in [0.25, 0.3) is 0 Å². The van der Waals surface area contributed by atoms with Crippen molar-refractivity contribution in [2.45, 2.75) is 6.04 Å². The van der Waals surface area contributed by atoms with Crippen molar-refractivity contribution in [3.05, 3.63) is 57.6 Å². The largest absolute Gasteiger partial charge is 0.486 e. The summed E-state index contributed by atoms with van der Waals surface area (Å²) < 4.78 is 11.1. The van der Waals surface area contributed by atoms with E-state index in [0.717, 1.165) is 22.6 Å². The quantitative estimate of drug-likeness (QED) is 0.917. The lowest BCUT2D eigenvalue weighted by Gasteiger charge is -2.21. The normalized spacial score (nSPS) is 14.9. The molecular formula is C15H13Cl2NO2. The Morgan fingerprint density at radius 3 is 2.20 bits per heavy atom. The molecule has 104 valence electrons. The highest BCUT2D eigenvalue weighted by Gasteiger charge is 2.16. The first-order valence-corrected chi connectivity index (χ1v) is 7.00. The third-order valence-corrected chi connectivity index (χ3v) is 3.61. The topological polar surface area (TPSA) is 44.5 Å². The number of benzene rings is 2. The number of hydrogen-bond acceptors (Lipinski definition) is 3. The number of halogens is 2. The maximum atomic E-state index is 6.27. The first kappa shape index (κ1) is 13.6. The van der Waals surface area contributed by atoms with Gasteiger partial charge in [-0.3, -0.25) is 0 Å². The Morgan fingerprint density at radius 1 is 0.850 bits per heavy atom. The Hall–Kier alpha value is -1.42. The molecule has 1 unspecified atom stereocenters. The highest BCUT2D eigenvalue weighted by Crippen LogP contribution is 2.34. The van der Waals surface area contributed by atoms with Gasteiger partial charge in [-0.1, -0.05) is 29.3 Å². The summed E-state index contributed by atoms with van der Waals surface area (Å²) in [6.45, 7) is 1.12. The molecule has 20 heavy (non-hydrogen) atoms. The van der Waals surface area contributed by atoms with Crippen LogP contribution in [0.25, 0.3) is 0 Å². The fourth-order valence-electron chi connectivity index (χ4n) is 2.20. The van der Waals surface area contributed by atoms with Crippen molar-refractivity contribution >= 4 is 23.2 Å². The average Bonchev–Trinajstić information content (AvgIpc) is 2.45. The van der Waals surface area contributed by atoms with Gasteiger partial charge in [-0.15, -0.1) is 0 Å². The molecule has 1 heterocycles. The lowest BCUT2D eigenvalue weighted by molar-refractivity contribution is 0.171. The van der Waals surface area contributed by atoms with Gasteiger partial charge in [0.1, 0.15) is 13.2 Å². The standard InChI is InChI=1S/C15H13Cl2NO2/c16-11-5-10(6-12(17)8-11)15(18)9-1-2-13-14(7-9)20-4-3-19-13/h1-2,5-8,15H,3-4,18H2. The first-order chi connectivity index (χ1) is 9.63. The van der Waals surface area contributed by atoms with Gasteiger partial charge in [0.2, 0.25) is 0 Å². The molecule has 0 fully saturated rings. The molecule has 3 rings (SSSR count). The SMILES string of the molecule is NC(c1cc(Cl)cc(Cl)c1)c1ccc2c(c1)OCCO2. The lowest BCUT2D eigenvalue weighted by Crippen LogP contribution is -2.17. The molecule has 1 atom stereocenters. The molecule has 2 aromatic rings. The molecule has 0 radical (unpaired) electrons. The van der Waals surface area contributed by atoms with Crippen LogP contribution in [-0.2, 0) is 0 Å². The Morgan fingerprint density at radius 2 is 1.50 bits per heavy atom. The highest BCUT2D eigenvalue weighted by atomic mass is 35.5. The van der Waals surface area contributed by atoms with E-state index in [9.17, 15) is 0 Å². The summed E-state index contributed by atoms with van der Waals surface area (Å²) in [7, 11) is 0. The maximum Gasteiger partial charge on any atom is 0.161 e. The second kappa shape index (κ2) is 5.52. The van der Waals surface area contributed by atoms with E-state index >= 15 is 0 Å². The van der Waals surface area contributed by atoms with Crippen LogP contribution in [0.1, 0.15) is 17.2 Å². The zero-order valence-corrected chi connectivity index (χ0v) is 12.1. The fraction of sp³-hybridized carbons (Fsp3) is 0.200. The molecule has 2 N–H and O–H groups in total. The van der Waals surface area contributed by atoms with Crippen molar-refractivity contribution in [1.82, 2.24) is 0 Å². The zero-order valence-electron chi connectivity index (χ0n) is 10.6. The van der Waals surface area contributed by atoms with Gasteiger partial charge >= 0.3 is 0 Å². The minimum absolute atomic E-state index is 0.318. The van der Waals surface area contributed by atoms with Crippen LogP contribution in [0.5, 0.6) is 11.5 Å². The Balaban J connectivity index is 1.95. The number of nitrogens with two attached hydrogens (primary N) is 1. The average molecular weight is 310 g/mol. The van der Waals surface area contributed by atoms with Crippen LogP contribution in [-0.4, -0.2) is 13.2 Å². The van der Waals surface area contributed by atoms with E-state index in [1.165, 1.54) is 0 Å². The monoisotopic (exact) mass is 309 g/mol.